The second-order valence-corrected chi connectivity index (χ2v) is 3.90. The zero-order valence-electron chi connectivity index (χ0n) is 8.48. The first-order valence-electron chi connectivity index (χ1n) is 4.87. The first kappa shape index (κ1) is 11.0. The Labute approximate surface area is 71.6 Å². The molecular formula is C10H23N. The van der Waals surface area contributed by atoms with E-state index in [0.29, 0.717) is 0 Å². The van der Waals surface area contributed by atoms with E-state index in [1.807, 2.05) is 0 Å². The Kier molecular flexibility index (Phi) is 6.63. The van der Waals surface area contributed by atoms with Crippen LogP contribution in [-0.4, -0.2) is 13.1 Å². The fraction of sp³-hybridized carbons (Fsp3) is 1.00. The lowest BCUT2D eigenvalue weighted by molar-refractivity contribution is 0.470. The summed E-state index contributed by atoms with van der Waals surface area (Å²) in [7, 11) is 0. The normalized spacial score (nSPS) is 13.9. The smallest absolute Gasteiger partial charge is 0.00233 e. The van der Waals surface area contributed by atoms with Crippen LogP contribution in [0.4, 0.5) is 0 Å². The Bertz CT molecular complexity index is 78.9. The minimum Gasteiger partial charge on any atom is -0.316 e. The van der Waals surface area contributed by atoms with Crippen molar-refractivity contribution in [3.63, 3.8) is 0 Å². The van der Waals surface area contributed by atoms with Crippen LogP contribution >= 0.6 is 0 Å². The van der Waals surface area contributed by atoms with E-state index in [9.17, 15) is 0 Å². The molecule has 0 heterocycles. The highest BCUT2D eigenvalue weighted by Gasteiger charge is 1.97. The van der Waals surface area contributed by atoms with Gasteiger partial charge in [0.1, 0.15) is 0 Å². The molecule has 68 valence electrons. The Morgan fingerprint density at radius 3 is 2.27 bits per heavy atom. The van der Waals surface area contributed by atoms with Gasteiger partial charge in [0, 0.05) is 0 Å². The topological polar surface area (TPSA) is 12.0 Å². The molecule has 0 amide bonds. The summed E-state index contributed by atoms with van der Waals surface area (Å²) in [6, 6.07) is 0. The van der Waals surface area contributed by atoms with E-state index in [-0.39, 0.29) is 0 Å². The molecule has 0 aromatic rings. The molecule has 0 saturated heterocycles. The minimum atomic E-state index is 0.833. The van der Waals surface area contributed by atoms with Crippen LogP contribution in [0.2, 0.25) is 0 Å². The molecule has 1 unspecified atom stereocenters. The summed E-state index contributed by atoms with van der Waals surface area (Å²) in [6.07, 6.45) is 2.59. The molecule has 1 heteroatoms. The van der Waals surface area contributed by atoms with Crippen molar-refractivity contribution in [3.8, 4) is 0 Å². The van der Waals surface area contributed by atoms with E-state index in [4.69, 9.17) is 0 Å². The maximum atomic E-state index is 3.47. The number of rotatable bonds is 6. The number of hydrogen-bond donors (Lipinski definition) is 1. The van der Waals surface area contributed by atoms with Crippen LogP contribution in [-0.2, 0) is 0 Å². The molecule has 0 saturated carbocycles. The van der Waals surface area contributed by atoms with Crippen molar-refractivity contribution in [2.45, 2.75) is 40.5 Å². The van der Waals surface area contributed by atoms with Gasteiger partial charge in [-0.3, -0.25) is 0 Å². The summed E-state index contributed by atoms with van der Waals surface area (Å²) < 4.78 is 0. The third kappa shape index (κ3) is 7.86. The molecule has 0 aliphatic rings. The van der Waals surface area contributed by atoms with Gasteiger partial charge in [0.2, 0.25) is 0 Å². The quantitative estimate of drug-likeness (QED) is 0.584. The second-order valence-electron chi connectivity index (χ2n) is 3.90. The fourth-order valence-corrected chi connectivity index (χ4v) is 0.884. The van der Waals surface area contributed by atoms with Crippen molar-refractivity contribution in [1.82, 2.24) is 5.32 Å². The summed E-state index contributed by atoms with van der Waals surface area (Å²) in [6.45, 7) is 11.4. The van der Waals surface area contributed by atoms with Gasteiger partial charge in [-0.1, -0.05) is 34.1 Å². The van der Waals surface area contributed by atoms with E-state index in [1.165, 1.54) is 25.9 Å². The Hall–Kier alpha value is -0.0400. The van der Waals surface area contributed by atoms with Crippen molar-refractivity contribution in [1.29, 1.82) is 0 Å². The molecule has 0 aromatic carbocycles. The molecule has 0 aliphatic heterocycles. The van der Waals surface area contributed by atoms with Crippen molar-refractivity contribution in [3.05, 3.63) is 0 Å². The maximum absolute atomic E-state index is 3.47. The molecule has 1 nitrogen and oxygen atoms in total. The van der Waals surface area contributed by atoms with Crippen LogP contribution in [0, 0.1) is 11.8 Å². The lowest BCUT2D eigenvalue weighted by atomic mass is 10.1. The lowest BCUT2D eigenvalue weighted by Gasteiger charge is -2.10. The second kappa shape index (κ2) is 6.66. The third-order valence-corrected chi connectivity index (χ3v) is 2.09. The first-order chi connectivity index (χ1) is 5.16. The van der Waals surface area contributed by atoms with Crippen LogP contribution in [0.5, 0.6) is 0 Å². The average molecular weight is 157 g/mol. The Balaban J connectivity index is 3.01. The standard InChI is InChI=1S/C10H23N/c1-5-10(4)8-11-7-6-9(2)3/h9-11H,5-8H2,1-4H3. The largest absolute Gasteiger partial charge is 0.316 e. The van der Waals surface area contributed by atoms with E-state index in [2.05, 4.69) is 33.0 Å². The van der Waals surface area contributed by atoms with E-state index in [1.54, 1.807) is 0 Å². The molecule has 0 spiro atoms. The summed E-state index contributed by atoms with van der Waals surface area (Å²) in [5, 5.41) is 3.47. The fourth-order valence-electron chi connectivity index (χ4n) is 0.884. The van der Waals surface area contributed by atoms with Crippen LogP contribution in [0.1, 0.15) is 40.5 Å². The van der Waals surface area contributed by atoms with Gasteiger partial charge in [-0.2, -0.15) is 0 Å². The van der Waals surface area contributed by atoms with Crippen LogP contribution in [0.25, 0.3) is 0 Å². The molecule has 0 aliphatic carbocycles. The monoisotopic (exact) mass is 157 g/mol. The number of nitrogens with one attached hydrogen (secondary N) is 1. The van der Waals surface area contributed by atoms with E-state index < -0.39 is 0 Å². The van der Waals surface area contributed by atoms with Gasteiger partial charge in [0.15, 0.2) is 0 Å². The summed E-state index contributed by atoms with van der Waals surface area (Å²) in [5.74, 6) is 1.67. The maximum Gasteiger partial charge on any atom is -0.00233 e. The van der Waals surface area contributed by atoms with Gasteiger partial charge in [-0.05, 0) is 31.3 Å². The SMILES string of the molecule is CCC(C)CNCCC(C)C. The number of hydrogen-bond acceptors (Lipinski definition) is 1. The van der Waals surface area contributed by atoms with Gasteiger partial charge >= 0.3 is 0 Å². The van der Waals surface area contributed by atoms with Gasteiger partial charge in [-0.15, -0.1) is 0 Å². The molecule has 0 radical (unpaired) electrons. The summed E-state index contributed by atoms with van der Waals surface area (Å²) >= 11 is 0. The van der Waals surface area contributed by atoms with Crippen LogP contribution in [0.3, 0.4) is 0 Å². The molecule has 0 bridgehead atoms. The lowest BCUT2D eigenvalue weighted by Crippen LogP contribution is -2.22. The summed E-state index contributed by atoms with van der Waals surface area (Å²) in [5.41, 5.74) is 0. The van der Waals surface area contributed by atoms with Crippen molar-refractivity contribution >= 4 is 0 Å². The molecule has 0 rings (SSSR count). The van der Waals surface area contributed by atoms with Crippen LogP contribution < -0.4 is 5.32 Å². The van der Waals surface area contributed by atoms with Crippen LogP contribution in [0.15, 0.2) is 0 Å². The predicted molar refractivity (Wildman–Crippen MR) is 51.8 cm³/mol. The predicted octanol–water partition coefficient (Wildman–Crippen LogP) is 2.67. The summed E-state index contributed by atoms with van der Waals surface area (Å²) in [4.78, 5) is 0. The average Bonchev–Trinajstić information content (AvgIpc) is 1.97. The minimum absolute atomic E-state index is 0.833. The van der Waals surface area contributed by atoms with E-state index >= 15 is 0 Å². The van der Waals surface area contributed by atoms with E-state index in [0.717, 1.165) is 11.8 Å². The van der Waals surface area contributed by atoms with Gasteiger partial charge in [0.05, 0.1) is 0 Å². The molecule has 11 heavy (non-hydrogen) atoms. The molecule has 0 fully saturated rings. The molecule has 1 N–H and O–H groups in total. The zero-order chi connectivity index (χ0) is 8.69. The molecule has 1 atom stereocenters. The molecular weight excluding hydrogens is 134 g/mol. The Morgan fingerprint density at radius 2 is 1.82 bits per heavy atom. The van der Waals surface area contributed by atoms with Crippen molar-refractivity contribution in [2.75, 3.05) is 13.1 Å². The van der Waals surface area contributed by atoms with Gasteiger partial charge in [0.25, 0.3) is 0 Å². The third-order valence-electron chi connectivity index (χ3n) is 2.09. The highest BCUT2D eigenvalue weighted by Crippen LogP contribution is 1.99. The molecule has 0 aromatic heterocycles. The Morgan fingerprint density at radius 1 is 1.18 bits per heavy atom. The first-order valence-corrected chi connectivity index (χ1v) is 4.87. The zero-order valence-corrected chi connectivity index (χ0v) is 8.48. The highest BCUT2D eigenvalue weighted by atomic mass is 14.8. The van der Waals surface area contributed by atoms with Gasteiger partial charge < -0.3 is 5.32 Å². The van der Waals surface area contributed by atoms with Crippen molar-refractivity contribution < 1.29 is 0 Å². The van der Waals surface area contributed by atoms with Gasteiger partial charge in [-0.25, -0.2) is 0 Å². The van der Waals surface area contributed by atoms with Crippen molar-refractivity contribution in [2.24, 2.45) is 11.8 Å². The highest BCUT2D eigenvalue weighted by molar-refractivity contribution is 4.55.